The molecule has 0 radical (unpaired) electrons. The quantitative estimate of drug-likeness (QED) is 0.673. The lowest BCUT2D eigenvalue weighted by molar-refractivity contribution is 0.361. The van der Waals surface area contributed by atoms with Gasteiger partial charge in [-0.15, -0.1) is 0 Å². The van der Waals surface area contributed by atoms with Gasteiger partial charge in [0.25, 0.3) is 0 Å². The first-order chi connectivity index (χ1) is 12.7. The van der Waals surface area contributed by atoms with Gasteiger partial charge in [0, 0.05) is 36.6 Å². The predicted octanol–water partition coefficient (Wildman–Crippen LogP) is 3.55. The lowest BCUT2D eigenvalue weighted by Crippen LogP contribution is -2.28. The van der Waals surface area contributed by atoms with E-state index in [1.54, 1.807) is 12.4 Å². The van der Waals surface area contributed by atoms with Gasteiger partial charge in [0.1, 0.15) is 5.82 Å². The van der Waals surface area contributed by atoms with Crippen LogP contribution < -0.4 is 16.0 Å². The van der Waals surface area contributed by atoms with Crippen molar-refractivity contribution in [2.24, 2.45) is 5.92 Å². The highest BCUT2D eigenvalue weighted by molar-refractivity contribution is 5.63. The summed E-state index contributed by atoms with van der Waals surface area (Å²) in [5, 5.41) is 10.3. The molecule has 26 heavy (non-hydrogen) atoms. The second-order valence-electron chi connectivity index (χ2n) is 7.06. The fourth-order valence-electron chi connectivity index (χ4n) is 3.17. The molecule has 1 aliphatic heterocycles. The molecule has 6 heteroatoms. The maximum Gasteiger partial charge on any atom is 0.225 e. The van der Waals surface area contributed by atoms with Gasteiger partial charge in [0.05, 0.1) is 5.69 Å². The number of rotatable bonds is 8. The molecule has 1 saturated heterocycles. The highest BCUT2D eigenvalue weighted by atomic mass is 15.2. The molecule has 1 fully saturated rings. The Hall–Kier alpha value is -2.21. The number of nitrogens with zero attached hydrogens (tertiary/aromatic N) is 3. The highest BCUT2D eigenvalue weighted by Crippen LogP contribution is 2.22. The van der Waals surface area contributed by atoms with Crippen LogP contribution in [0.4, 0.5) is 11.8 Å². The maximum absolute atomic E-state index is 4.69. The van der Waals surface area contributed by atoms with E-state index >= 15 is 0 Å². The van der Waals surface area contributed by atoms with Crippen molar-refractivity contribution in [2.45, 2.75) is 45.6 Å². The number of pyridine rings is 1. The molecule has 0 spiro atoms. The Bertz CT molecular complexity index is 669. The Labute approximate surface area is 156 Å². The van der Waals surface area contributed by atoms with Crippen molar-refractivity contribution >= 4 is 11.8 Å². The predicted molar refractivity (Wildman–Crippen MR) is 107 cm³/mol. The fourth-order valence-corrected chi connectivity index (χ4v) is 3.17. The minimum Gasteiger partial charge on any atom is -0.370 e. The Kier molecular flexibility index (Phi) is 6.77. The van der Waals surface area contributed by atoms with Crippen LogP contribution in [0.15, 0.2) is 30.6 Å². The normalized spacial score (nSPS) is 16.2. The molecule has 0 saturated carbocycles. The molecule has 3 N–H and O–H groups in total. The monoisotopic (exact) mass is 354 g/mol. The van der Waals surface area contributed by atoms with Crippen molar-refractivity contribution in [2.75, 3.05) is 30.3 Å². The summed E-state index contributed by atoms with van der Waals surface area (Å²) in [6, 6.07) is 6.33. The maximum atomic E-state index is 4.69. The van der Waals surface area contributed by atoms with Crippen LogP contribution in [0.3, 0.4) is 0 Å². The molecule has 3 rings (SSSR count). The zero-order valence-corrected chi connectivity index (χ0v) is 15.8. The topological polar surface area (TPSA) is 74.8 Å². The van der Waals surface area contributed by atoms with E-state index in [1.807, 2.05) is 18.2 Å². The summed E-state index contributed by atoms with van der Waals surface area (Å²) >= 11 is 0. The molecule has 1 aliphatic rings. The lowest BCUT2D eigenvalue weighted by atomic mass is 9.95. The molecule has 0 aromatic carbocycles. The first-order valence-electron chi connectivity index (χ1n) is 9.75. The molecule has 3 heterocycles. The molecule has 0 bridgehead atoms. The van der Waals surface area contributed by atoms with Crippen LogP contribution in [0, 0.1) is 5.92 Å². The van der Waals surface area contributed by atoms with Crippen LogP contribution in [-0.2, 0) is 0 Å². The minimum atomic E-state index is 0.338. The van der Waals surface area contributed by atoms with Crippen molar-refractivity contribution in [3.8, 4) is 11.3 Å². The summed E-state index contributed by atoms with van der Waals surface area (Å²) in [6.07, 6.45) is 8.35. The van der Waals surface area contributed by atoms with Crippen LogP contribution in [0.1, 0.15) is 39.5 Å². The summed E-state index contributed by atoms with van der Waals surface area (Å²) in [4.78, 5) is 13.5. The Balaban J connectivity index is 1.71. The van der Waals surface area contributed by atoms with Crippen molar-refractivity contribution in [1.29, 1.82) is 0 Å². The molecule has 6 nitrogen and oxygen atoms in total. The van der Waals surface area contributed by atoms with E-state index in [2.05, 4.69) is 39.8 Å². The number of nitrogens with one attached hydrogen (secondary N) is 3. The summed E-state index contributed by atoms with van der Waals surface area (Å²) < 4.78 is 0. The van der Waals surface area contributed by atoms with Crippen molar-refractivity contribution in [3.05, 3.63) is 30.6 Å². The molecule has 140 valence electrons. The van der Waals surface area contributed by atoms with Gasteiger partial charge in [-0.25, -0.2) is 4.98 Å². The van der Waals surface area contributed by atoms with Gasteiger partial charge >= 0.3 is 0 Å². The third kappa shape index (κ3) is 5.39. The zero-order valence-electron chi connectivity index (χ0n) is 15.8. The average molecular weight is 355 g/mol. The van der Waals surface area contributed by atoms with E-state index in [0.29, 0.717) is 12.0 Å². The smallest absolute Gasteiger partial charge is 0.225 e. The third-order valence-corrected chi connectivity index (χ3v) is 5.01. The molecule has 1 atom stereocenters. The molecule has 0 unspecified atom stereocenters. The van der Waals surface area contributed by atoms with E-state index in [4.69, 9.17) is 4.98 Å². The van der Waals surface area contributed by atoms with Gasteiger partial charge < -0.3 is 16.0 Å². The molecular weight excluding hydrogens is 324 g/mol. The van der Waals surface area contributed by atoms with Crippen LogP contribution in [0.5, 0.6) is 0 Å². The fraction of sp³-hybridized carbons (Fsp3) is 0.550. The number of aromatic nitrogens is 3. The van der Waals surface area contributed by atoms with E-state index < -0.39 is 0 Å². The Morgan fingerprint density at radius 3 is 2.69 bits per heavy atom. The lowest BCUT2D eigenvalue weighted by Gasteiger charge is -2.22. The largest absolute Gasteiger partial charge is 0.370 e. The van der Waals surface area contributed by atoms with E-state index in [-0.39, 0.29) is 0 Å². The number of hydrogen-bond acceptors (Lipinski definition) is 6. The average Bonchev–Trinajstić information content (AvgIpc) is 2.69. The Morgan fingerprint density at radius 2 is 1.96 bits per heavy atom. The SMILES string of the molecule is CC[C@H](C)Nc1nc(NCCC2CCNCC2)cc(-c2ccncc2)n1. The van der Waals surface area contributed by atoms with Gasteiger partial charge in [-0.2, -0.15) is 4.98 Å². The summed E-state index contributed by atoms with van der Waals surface area (Å²) in [6.45, 7) is 7.54. The van der Waals surface area contributed by atoms with Gasteiger partial charge in [0.2, 0.25) is 5.95 Å². The van der Waals surface area contributed by atoms with Gasteiger partial charge in [-0.3, -0.25) is 4.98 Å². The van der Waals surface area contributed by atoms with E-state index in [0.717, 1.165) is 49.0 Å². The molecule has 2 aromatic heterocycles. The first-order valence-corrected chi connectivity index (χ1v) is 9.75. The number of hydrogen-bond donors (Lipinski definition) is 3. The van der Waals surface area contributed by atoms with Crippen LogP contribution in [-0.4, -0.2) is 40.6 Å². The van der Waals surface area contributed by atoms with Crippen LogP contribution in [0.25, 0.3) is 11.3 Å². The second kappa shape index (κ2) is 9.48. The third-order valence-electron chi connectivity index (χ3n) is 5.01. The number of anilines is 2. The second-order valence-corrected chi connectivity index (χ2v) is 7.06. The van der Waals surface area contributed by atoms with Crippen LogP contribution >= 0.6 is 0 Å². The summed E-state index contributed by atoms with van der Waals surface area (Å²) in [5.74, 6) is 2.37. The Morgan fingerprint density at radius 1 is 1.19 bits per heavy atom. The molecular formula is C20H30N6. The van der Waals surface area contributed by atoms with Gasteiger partial charge in [-0.05, 0) is 63.7 Å². The highest BCUT2D eigenvalue weighted by Gasteiger charge is 2.13. The molecule has 0 aliphatic carbocycles. The van der Waals surface area contributed by atoms with Gasteiger partial charge in [-0.1, -0.05) is 6.92 Å². The van der Waals surface area contributed by atoms with Crippen LogP contribution in [0.2, 0.25) is 0 Å². The molecule has 0 amide bonds. The first kappa shape index (κ1) is 18.6. The van der Waals surface area contributed by atoms with Gasteiger partial charge in [0.15, 0.2) is 0 Å². The van der Waals surface area contributed by atoms with Crippen molar-refractivity contribution in [1.82, 2.24) is 20.3 Å². The van der Waals surface area contributed by atoms with Crippen molar-refractivity contribution in [3.63, 3.8) is 0 Å². The molecule has 2 aromatic rings. The number of piperidine rings is 1. The summed E-state index contributed by atoms with van der Waals surface area (Å²) in [5.41, 5.74) is 1.97. The summed E-state index contributed by atoms with van der Waals surface area (Å²) in [7, 11) is 0. The standard InChI is InChI=1S/C20H30N6/c1-3-15(2)24-20-25-18(17-7-11-22-12-8-17)14-19(26-20)23-13-6-16-4-9-21-10-5-16/h7-8,11-12,14-16,21H,3-6,9-10,13H2,1-2H3,(H2,23,24,25,26)/t15-/m0/s1. The van der Waals surface area contributed by atoms with E-state index in [9.17, 15) is 0 Å². The minimum absolute atomic E-state index is 0.338. The van der Waals surface area contributed by atoms with E-state index in [1.165, 1.54) is 19.3 Å². The van der Waals surface area contributed by atoms with Crippen molar-refractivity contribution < 1.29 is 0 Å². The zero-order chi connectivity index (χ0) is 18.2.